The molecule has 32 heavy (non-hydrogen) atoms. The molecule has 1 aromatic carbocycles. The molecule has 0 bridgehead atoms. The number of hydrogen-bond donors (Lipinski definition) is 1. The lowest BCUT2D eigenvalue weighted by molar-refractivity contribution is 0.221. The highest BCUT2D eigenvalue weighted by atomic mass is 16.1. The molecular weight excluding hydrogens is 398 g/mol. The topological polar surface area (TPSA) is 63.1 Å². The molecule has 0 radical (unpaired) electrons. The van der Waals surface area contributed by atoms with Crippen LogP contribution in [0.2, 0.25) is 0 Å². The zero-order valence-electron chi connectivity index (χ0n) is 19.1. The van der Waals surface area contributed by atoms with Gasteiger partial charge in [0.05, 0.1) is 0 Å². The lowest BCUT2D eigenvalue weighted by atomic mass is 9.80. The molecule has 3 aromatic rings. The van der Waals surface area contributed by atoms with Gasteiger partial charge in [0.1, 0.15) is 5.65 Å². The average molecular weight is 432 g/mol. The minimum Gasteiger partial charge on any atom is -0.317 e. The maximum atomic E-state index is 13.1. The third kappa shape index (κ3) is 4.16. The van der Waals surface area contributed by atoms with Gasteiger partial charge in [0.2, 0.25) is 5.95 Å². The standard InChI is InChI=1S/C26H33N5O/c1-18-14-19(2)16-23(15-18)31-24(32)9-8-20-17-28-26(29-25(20)31)30(21-6-4-3-5-7-21)22-10-12-27-13-11-22/h3-9,17-19,22-23,27H,10-16H2,1-2H3. The third-order valence-electron chi connectivity index (χ3n) is 7.10. The van der Waals surface area contributed by atoms with Crippen molar-refractivity contribution >= 4 is 22.7 Å². The van der Waals surface area contributed by atoms with Crippen molar-refractivity contribution in [1.82, 2.24) is 19.9 Å². The van der Waals surface area contributed by atoms with Crippen molar-refractivity contribution < 1.29 is 0 Å². The number of piperidine rings is 1. The van der Waals surface area contributed by atoms with Crippen molar-refractivity contribution in [1.29, 1.82) is 0 Å². The monoisotopic (exact) mass is 431 g/mol. The van der Waals surface area contributed by atoms with Crippen LogP contribution in [0.1, 0.15) is 52.0 Å². The van der Waals surface area contributed by atoms with Crippen LogP contribution in [-0.2, 0) is 0 Å². The van der Waals surface area contributed by atoms with Crippen LogP contribution in [0, 0.1) is 11.8 Å². The predicted molar refractivity (Wildman–Crippen MR) is 129 cm³/mol. The minimum atomic E-state index is 0.0431. The van der Waals surface area contributed by atoms with Crippen LogP contribution in [0.4, 0.5) is 11.6 Å². The summed E-state index contributed by atoms with van der Waals surface area (Å²) in [7, 11) is 0. The van der Waals surface area contributed by atoms with Gasteiger partial charge in [0, 0.05) is 35.4 Å². The lowest BCUT2D eigenvalue weighted by Gasteiger charge is -2.35. The van der Waals surface area contributed by atoms with Gasteiger partial charge in [-0.2, -0.15) is 4.98 Å². The van der Waals surface area contributed by atoms with Crippen LogP contribution in [0.15, 0.2) is 53.5 Å². The summed E-state index contributed by atoms with van der Waals surface area (Å²) in [5, 5.41) is 4.39. The van der Waals surface area contributed by atoms with E-state index in [1.54, 1.807) is 6.07 Å². The molecule has 2 fully saturated rings. The lowest BCUT2D eigenvalue weighted by Crippen LogP contribution is -2.41. The SMILES string of the molecule is CC1CC(C)CC(n2c(=O)ccc3cnc(N(c4ccccc4)C4CCNCC4)nc32)C1. The summed E-state index contributed by atoms with van der Waals surface area (Å²) in [5.74, 6) is 1.91. The molecule has 6 heteroatoms. The number of hydrogen-bond acceptors (Lipinski definition) is 5. The Bertz CT molecular complexity index is 1110. The highest BCUT2D eigenvalue weighted by Crippen LogP contribution is 2.37. The van der Waals surface area contributed by atoms with Crippen LogP contribution >= 0.6 is 0 Å². The molecule has 2 unspecified atom stereocenters. The zero-order valence-corrected chi connectivity index (χ0v) is 19.1. The van der Waals surface area contributed by atoms with Gasteiger partial charge in [-0.15, -0.1) is 0 Å². The molecule has 1 aliphatic carbocycles. The molecule has 0 spiro atoms. The third-order valence-corrected chi connectivity index (χ3v) is 7.10. The van der Waals surface area contributed by atoms with Crippen LogP contribution in [0.5, 0.6) is 0 Å². The molecular formula is C26H33N5O. The van der Waals surface area contributed by atoms with Crippen LogP contribution in [-0.4, -0.2) is 33.7 Å². The number of rotatable bonds is 4. The van der Waals surface area contributed by atoms with Crippen LogP contribution in [0.25, 0.3) is 11.0 Å². The highest BCUT2D eigenvalue weighted by molar-refractivity contribution is 5.76. The van der Waals surface area contributed by atoms with E-state index in [0.29, 0.717) is 23.8 Å². The van der Waals surface area contributed by atoms with Crippen LogP contribution in [0.3, 0.4) is 0 Å². The molecule has 1 saturated carbocycles. The molecule has 3 heterocycles. The van der Waals surface area contributed by atoms with Crippen molar-refractivity contribution in [3.05, 3.63) is 59.0 Å². The van der Waals surface area contributed by atoms with Gasteiger partial charge in [-0.1, -0.05) is 32.0 Å². The van der Waals surface area contributed by atoms with Gasteiger partial charge < -0.3 is 10.2 Å². The van der Waals surface area contributed by atoms with E-state index >= 15 is 0 Å². The number of anilines is 2. The van der Waals surface area contributed by atoms with E-state index in [9.17, 15) is 4.79 Å². The summed E-state index contributed by atoms with van der Waals surface area (Å²) in [6.07, 6.45) is 7.25. The molecule has 6 nitrogen and oxygen atoms in total. The fraction of sp³-hybridized carbons (Fsp3) is 0.500. The normalized spacial score (nSPS) is 24.5. The number of benzene rings is 1. The van der Waals surface area contributed by atoms with Gasteiger partial charge in [-0.25, -0.2) is 4.98 Å². The van der Waals surface area contributed by atoms with Crippen molar-refractivity contribution in [2.45, 2.75) is 58.0 Å². The summed E-state index contributed by atoms with van der Waals surface area (Å²) in [5.41, 5.74) is 1.91. The number of nitrogens with zero attached hydrogens (tertiary/aromatic N) is 4. The molecule has 2 atom stereocenters. The van der Waals surface area contributed by atoms with E-state index in [1.165, 1.54) is 6.42 Å². The molecule has 2 aromatic heterocycles. The second-order valence-corrected chi connectivity index (χ2v) is 9.75. The zero-order chi connectivity index (χ0) is 22.1. The number of fused-ring (bicyclic) bond motifs is 1. The summed E-state index contributed by atoms with van der Waals surface area (Å²) in [6.45, 7) is 6.58. The summed E-state index contributed by atoms with van der Waals surface area (Å²) in [6, 6.07) is 14.5. The summed E-state index contributed by atoms with van der Waals surface area (Å²) in [4.78, 5) is 25.2. The Morgan fingerprint density at radius 3 is 2.41 bits per heavy atom. The Labute approximate surface area is 189 Å². The molecule has 1 N–H and O–H groups in total. The largest absolute Gasteiger partial charge is 0.317 e. The van der Waals surface area contributed by atoms with E-state index < -0.39 is 0 Å². The second kappa shape index (κ2) is 9.02. The quantitative estimate of drug-likeness (QED) is 0.650. The predicted octanol–water partition coefficient (Wildman–Crippen LogP) is 4.68. The van der Waals surface area contributed by atoms with E-state index in [2.05, 4.69) is 48.3 Å². The van der Waals surface area contributed by atoms with E-state index in [-0.39, 0.29) is 11.6 Å². The summed E-state index contributed by atoms with van der Waals surface area (Å²) < 4.78 is 1.96. The minimum absolute atomic E-state index is 0.0431. The van der Waals surface area contributed by atoms with E-state index in [1.807, 2.05) is 22.9 Å². The molecule has 0 amide bonds. The van der Waals surface area contributed by atoms with E-state index in [0.717, 1.165) is 55.5 Å². The van der Waals surface area contributed by atoms with Crippen molar-refractivity contribution in [3.8, 4) is 0 Å². The fourth-order valence-electron chi connectivity index (χ4n) is 5.76. The molecule has 2 aliphatic rings. The smallest absolute Gasteiger partial charge is 0.252 e. The number of pyridine rings is 1. The first-order valence-corrected chi connectivity index (χ1v) is 12.0. The molecule has 1 saturated heterocycles. The van der Waals surface area contributed by atoms with Crippen molar-refractivity contribution in [2.75, 3.05) is 18.0 Å². The van der Waals surface area contributed by atoms with Crippen molar-refractivity contribution in [2.24, 2.45) is 11.8 Å². The molecule has 1 aliphatic heterocycles. The van der Waals surface area contributed by atoms with Gasteiger partial charge >= 0.3 is 0 Å². The van der Waals surface area contributed by atoms with Crippen LogP contribution < -0.4 is 15.8 Å². The van der Waals surface area contributed by atoms with Gasteiger partial charge in [0.25, 0.3) is 5.56 Å². The number of nitrogens with one attached hydrogen (secondary N) is 1. The number of para-hydroxylation sites is 1. The maximum absolute atomic E-state index is 13.1. The Hall–Kier alpha value is -2.73. The van der Waals surface area contributed by atoms with E-state index in [4.69, 9.17) is 9.97 Å². The maximum Gasteiger partial charge on any atom is 0.252 e. The Balaban J connectivity index is 1.63. The Morgan fingerprint density at radius 1 is 0.969 bits per heavy atom. The molecule has 5 rings (SSSR count). The average Bonchev–Trinajstić information content (AvgIpc) is 2.80. The first-order valence-electron chi connectivity index (χ1n) is 12.0. The number of aromatic nitrogens is 3. The molecule has 168 valence electrons. The van der Waals surface area contributed by atoms with Gasteiger partial charge in [-0.3, -0.25) is 9.36 Å². The Morgan fingerprint density at radius 2 is 1.69 bits per heavy atom. The van der Waals surface area contributed by atoms with Crippen molar-refractivity contribution in [3.63, 3.8) is 0 Å². The second-order valence-electron chi connectivity index (χ2n) is 9.75. The first-order chi connectivity index (χ1) is 15.6. The first kappa shape index (κ1) is 21.1. The fourth-order valence-corrected chi connectivity index (χ4v) is 5.76. The summed E-state index contributed by atoms with van der Waals surface area (Å²) >= 11 is 0. The highest BCUT2D eigenvalue weighted by Gasteiger charge is 2.29. The van der Waals surface area contributed by atoms with Gasteiger partial charge in [-0.05, 0) is 75.2 Å². The van der Waals surface area contributed by atoms with Gasteiger partial charge in [0.15, 0.2) is 0 Å². The Kier molecular flexibility index (Phi) is 5.96.